The van der Waals surface area contributed by atoms with Gasteiger partial charge in [0.1, 0.15) is 5.82 Å². The lowest BCUT2D eigenvalue weighted by atomic mass is 10.4. The molecule has 1 aromatic rings. The number of rotatable bonds is 5. The Morgan fingerprint density at radius 1 is 1.39 bits per heavy atom. The minimum Gasteiger partial charge on any atom is -0.464 e. The van der Waals surface area contributed by atoms with Crippen LogP contribution in [0.2, 0.25) is 0 Å². The van der Waals surface area contributed by atoms with E-state index in [2.05, 4.69) is 20.3 Å². The summed E-state index contributed by atoms with van der Waals surface area (Å²) in [5, 5.41) is 10.3. The molecule has 0 unspecified atom stereocenters. The van der Waals surface area contributed by atoms with E-state index in [0.717, 1.165) is 0 Å². The van der Waals surface area contributed by atoms with Crippen LogP contribution in [0.5, 0.6) is 0 Å². The minimum atomic E-state index is -0.546. The third kappa shape index (κ3) is 3.69. The molecule has 1 N–H and O–H groups in total. The highest BCUT2D eigenvalue weighted by Gasteiger charge is 2.09. The molecule has 7 nitrogen and oxygen atoms in total. The van der Waals surface area contributed by atoms with Crippen LogP contribution in [0.3, 0.4) is 0 Å². The van der Waals surface area contributed by atoms with Crippen LogP contribution in [0.25, 0.3) is 0 Å². The highest BCUT2D eigenvalue weighted by molar-refractivity contribution is 5.87. The largest absolute Gasteiger partial charge is 0.464 e. The Hall–Kier alpha value is -2.18. The summed E-state index contributed by atoms with van der Waals surface area (Å²) in [7, 11) is 2.99. The van der Waals surface area contributed by atoms with E-state index in [1.54, 1.807) is 18.0 Å². The van der Waals surface area contributed by atoms with Crippen LogP contribution >= 0.6 is 0 Å². The number of carbonyl (C=O) groups excluding carboxylic acids is 2. The van der Waals surface area contributed by atoms with Crippen LogP contribution < -0.4 is 5.32 Å². The quantitative estimate of drug-likeness (QED) is 0.751. The molecule has 98 valence electrons. The summed E-state index contributed by atoms with van der Waals surface area (Å²) in [4.78, 5) is 24.2. The third-order valence-electron chi connectivity index (χ3n) is 2.38. The van der Waals surface area contributed by atoms with Gasteiger partial charge >= 0.3 is 5.97 Å². The Balaban J connectivity index is 2.54. The average molecular weight is 252 g/mol. The Morgan fingerprint density at radius 2 is 2.11 bits per heavy atom. The second-order valence-electron chi connectivity index (χ2n) is 3.56. The summed E-state index contributed by atoms with van der Waals surface area (Å²) in [5.41, 5.74) is 0.125. The van der Waals surface area contributed by atoms with Crippen molar-refractivity contribution in [2.24, 2.45) is 0 Å². The monoisotopic (exact) mass is 252 g/mol. The number of hydrogen-bond acceptors (Lipinski definition) is 6. The number of nitrogens with one attached hydrogen (secondary N) is 1. The van der Waals surface area contributed by atoms with Crippen molar-refractivity contribution >= 4 is 17.7 Å². The lowest BCUT2D eigenvalue weighted by molar-refractivity contribution is -0.127. The number of hydrogen-bond donors (Lipinski definition) is 1. The number of likely N-dealkylation sites (N-methyl/N-ethyl adjacent to an activating group) is 1. The fourth-order valence-electron chi connectivity index (χ4n) is 1.12. The fraction of sp³-hybridized carbons (Fsp3) is 0.455. The molecule has 0 fully saturated rings. The molecule has 1 aromatic heterocycles. The van der Waals surface area contributed by atoms with Gasteiger partial charge in [0.15, 0.2) is 5.69 Å². The number of esters is 1. The third-order valence-corrected chi connectivity index (χ3v) is 2.38. The molecule has 0 bridgehead atoms. The summed E-state index contributed by atoms with van der Waals surface area (Å²) >= 11 is 0. The number of aromatic nitrogens is 2. The molecule has 0 radical (unpaired) electrons. The molecule has 0 saturated heterocycles. The van der Waals surface area contributed by atoms with Crippen LogP contribution in [-0.2, 0) is 9.53 Å². The van der Waals surface area contributed by atoms with Gasteiger partial charge in [-0.15, -0.1) is 10.2 Å². The van der Waals surface area contributed by atoms with E-state index in [9.17, 15) is 9.59 Å². The van der Waals surface area contributed by atoms with E-state index < -0.39 is 5.97 Å². The van der Waals surface area contributed by atoms with E-state index in [-0.39, 0.29) is 18.1 Å². The minimum absolute atomic E-state index is 0.0451. The fourth-order valence-corrected chi connectivity index (χ4v) is 1.12. The van der Waals surface area contributed by atoms with Gasteiger partial charge in [-0.2, -0.15) is 0 Å². The molecule has 0 saturated carbocycles. The maximum atomic E-state index is 11.5. The van der Waals surface area contributed by atoms with Crippen LogP contribution in [0.1, 0.15) is 17.4 Å². The Bertz CT molecular complexity index is 419. The maximum absolute atomic E-state index is 11.5. The molecule has 7 heteroatoms. The van der Waals surface area contributed by atoms with Crippen LogP contribution in [-0.4, -0.2) is 54.2 Å². The lowest BCUT2D eigenvalue weighted by Gasteiger charge is -2.14. The number of methoxy groups -OCH3 is 1. The van der Waals surface area contributed by atoms with Gasteiger partial charge < -0.3 is 15.0 Å². The van der Waals surface area contributed by atoms with Gasteiger partial charge in [-0.1, -0.05) is 0 Å². The molecule has 18 heavy (non-hydrogen) atoms. The molecule has 0 aliphatic carbocycles. The van der Waals surface area contributed by atoms with Crippen molar-refractivity contribution in [2.45, 2.75) is 6.92 Å². The Kier molecular flexibility index (Phi) is 5.04. The van der Waals surface area contributed by atoms with Gasteiger partial charge in [-0.3, -0.25) is 4.79 Å². The van der Waals surface area contributed by atoms with Crippen LogP contribution in [0, 0.1) is 0 Å². The van der Waals surface area contributed by atoms with Crippen molar-refractivity contribution in [2.75, 3.05) is 32.6 Å². The average Bonchev–Trinajstić information content (AvgIpc) is 2.43. The second-order valence-corrected chi connectivity index (χ2v) is 3.56. The molecule has 1 amide bonds. The highest BCUT2D eigenvalue weighted by Crippen LogP contribution is 2.02. The standard InChI is InChI=1S/C11H16N4O3/c1-4-15(2)10(16)7-12-9-6-5-8(13-14-9)11(17)18-3/h5-6H,4,7H2,1-3H3,(H,12,14). The van der Waals surface area contributed by atoms with Gasteiger partial charge in [-0.05, 0) is 19.1 Å². The summed E-state index contributed by atoms with van der Waals surface area (Å²) in [6.07, 6.45) is 0. The van der Waals surface area contributed by atoms with Crippen molar-refractivity contribution in [3.05, 3.63) is 17.8 Å². The van der Waals surface area contributed by atoms with Crippen LogP contribution in [0.15, 0.2) is 12.1 Å². The molecule has 1 heterocycles. The molecular formula is C11H16N4O3. The first-order valence-electron chi connectivity index (χ1n) is 5.48. The van der Waals surface area contributed by atoms with E-state index in [1.807, 2.05) is 6.92 Å². The van der Waals surface area contributed by atoms with Gasteiger partial charge in [0.25, 0.3) is 0 Å². The predicted octanol–water partition coefficient (Wildman–Crippen LogP) is 0.153. The number of ether oxygens (including phenoxy) is 1. The number of carbonyl (C=O) groups is 2. The Labute approximate surface area is 105 Å². The zero-order chi connectivity index (χ0) is 13.5. The van der Waals surface area contributed by atoms with Crippen molar-refractivity contribution < 1.29 is 14.3 Å². The SMILES string of the molecule is CCN(C)C(=O)CNc1ccc(C(=O)OC)nn1. The summed E-state index contributed by atoms with van der Waals surface area (Å²) in [6.45, 7) is 2.67. The van der Waals surface area contributed by atoms with Crippen molar-refractivity contribution in [3.8, 4) is 0 Å². The summed E-state index contributed by atoms with van der Waals surface area (Å²) in [6, 6.07) is 3.05. The Morgan fingerprint density at radius 3 is 2.61 bits per heavy atom. The number of anilines is 1. The molecule has 1 rings (SSSR count). The first-order valence-corrected chi connectivity index (χ1v) is 5.48. The van der Waals surface area contributed by atoms with E-state index in [1.165, 1.54) is 13.2 Å². The van der Waals surface area contributed by atoms with E-state index >= 15 is 0 Å². The smallest absolute Gasteiger partial charge is 0.358 e. The van der Waals surface area contributed by atoms with Crippen molar-refractivity contribution in [3.63, 3.8) is 0 Å². The lowest BCUT2D eigenvalue weighted by Crippen LogP contribution is -2.32. The topological polar surface area (TPSA) is 84.4 Å². The van der Waals surface area contributed by atoms with Crippen molar-refractivity contribution in [1.29, 1.82) is 0 Å². The van der Waals surface area contributed by atoms with E-state index in [4.69, 9.17) is 0 Å². The zero-order valence-electron chi connectivity index (χ0n) is 10.6. The first kappa shape index (κ1) is 13.9. The van der Waals surface area contributed by atoms with Gasteiger partial charge in [0, 0.05) is 13.6 Å². The molecule has 0 atom stereocenters. The molecule has 0 aliphatic rings. The second kappa shape index (κ2) is 6.53. The number of amides is 1. The zero-order valence-corrected chi connectivity index (χ0v) is 10.6. The summed E-state index contributed by atoms with van der Waals surface area (Å²) < 4.78 is 4.50. The van der Waals surface area contributed by atoms with Gasteiger partial charge in [0.05, 0.1) is 13.7 Å². The van der Waals surface area contributed by atoms with E-state index in [0.29, 0.717) is 12.4 Å². The predicted molar refractivity (Wildman–Crippen MR) is 65.2 cm³/mol. The maximum Gasteiger partial charge on any atom is 0.358 e. The normalized spacial score (nSPS) is 9.72. The van der Waals surface area contributed by atoms with Crippen molar-refractivity contribution in [1.82, 2.24) is 15.1 Å². The van der Waals surface area contributed by atoms with Crippen LogP contribution in [0.4, 0.5) is 5.82 Å². The molecule has 0 spiro atoms. The van der Waals surface area contributed by atoms with Gasteiger partial charge in [0.2, 0.25) is 5.91 Å². The molecular weight excluding hydrogens is 236 g/mol. The molecule has 0 aromatic carbocycles. The first-order chi connectivity index (χ1) is 8.58. The summed E-state index contributed by atoms with van der Waals surface area (Å²) in [5.74, 6) is -0.160. The van der Waals surface area contributed by atoms with Gasteiger partial charge in [-0.25, -0.2) is 4.79 Å². The number of nitrogens with zero attached hydrogens (tertiary/aromatic N) is 3. The molecule has 0 aliphatic heterocycles. The highest BCUT2D eigenvalue weighted by atomic mass is 16.5.